The molecule has 0 atom stereocenters. The summed E-state index contributed by atoms with van der Waals surface area (Å²) in [6.07, 6.45) is 0. The van der Waals surface area contributed by atoms with E-state index < -0.39 is 0 Å². The van der Waals surface area contributed by atoms with Crippen LogP contribution in [0.4, 0.5) is 0 Å². The van der Waals surface area contributed by atoms with Gasteiger partial charge in [-0.25, -0.2) is 0 Å². The van der Waals surface area contributed by atoms with Gasteiger partial charge in [0.05, 0.1) is 13.2 Å². The van der Waals surface area contributed by atoms with Gasteiger partial charge in [0.15, 0.2) is 0 Å². The maximum Gasteiger partial charge on any atom is 0.254 e. The van der Waals surface area contributed by atoms with E-state index in [1.165, 1.54) is 0 Å². The molecule has 19 heavy (non-hydrogen) atoms. The maximum absolute atomic E-state index is 12.3. The lowest BCUT2D eigenvalue weighted by Gasteiger charge is -2.27. The van der Waals surface area contributed by atoms with E-state index in [4.69, 9.17) is 9.84 Å². The average molecular weight is 259 g/mol. The zero-order valence-corrected chi connectivity index (χ0v) is 11.0. The van der Waals surface area contributed by atoms with Crippen LogP contribution < -0.4 is 0 Å². The fraction of sp³-hybridized carbons (Fsp3) is 0.400. The van der Waals surface area contributed by atoms with Crippen molar-refractivity contribution < 1.29 is 14.6 Å². The third kappa shape index (κ3) is 3.34. The molecule has 4 heteroatoms. The van der Waals surface area contributed by atoms with Gasteiger partial charge in [-0.05, 0) is 30.7 Å². The summed E-state index contributed by atoms with van der Waals surface area (Å²) in [5.41, 5.74) is 2.42. The molecule has 1 amide bonds. The molecular formula is C15H17NO3. The quantitative estimate of drug-likeness (QED) is 0.759. The molecule has 0 bridgehead atoms. The highest BCUT2D eigenvalue weighted by atomic mass is 16.5. The van der Waals surface area contributed by atoms with Crippen molar-refractivity contribution in [2.75, 3.05) is 32.9 Å². The van der Waals surface area contributed by atoms with Crippen LogP contribution in [0.2, 0.25) is 0 Å². The van der Waals surface area contributed by atoms with Gasteiger partial charge in [-0.1, -0.05) is 11.8 Å². The molecule has 1 aromatic rings. The Bertz CT molecular complexity index is 522. The lowest BCUT2D eigenvalue weighted by atomic mass is 10.0. The predicted molar refractivity (Wildman–Crippen MR) is 71.9 cm³/mol. The highest BCUT2D eigenvalue weighted by Gasteiger charge is 2.19. The zero-order chi connectivity index (χ0) is 13.7. The van der Waals surface area contributed by atoms with E-state index in [1.807, 2.05) is 24.0 Å². The number of hydrogen-bond acceptors (Lipinski definition) is 3. The molecule has 0 spiro atoms. The number of aliphatic hydroxyl groups excluding tert-OH is 1. The standard InChI is InChI=1S/C15H17NO3/c1-12-11-13(3-2-8-17)4-5-14(12)15(18)16-6-9-19-10-7-16/h4-5,11,17H,6-10H2,1H3. The molecule has 0 aliphatic carbocycles. The summed E-state index contributed by atoms with van der Waals surface area (Å²) >= 11 is 0. The third-order valence-corrected chi connectivity index (χ3v) is 3.07. The van der Waals surface area contributed by atoms with Crippen molar-refractivity contribution >= 4 is 5.91 Å². The number of rotatable bonds is 1. The second kappa shape index (κ2) is 6.37. The Morgan fingerprint density at radius 1 is 1.42 bits per heavy atom. The maximum atomic E-state index is 12.3. The fourth-order valence-electron chi connectivity index (χ4n) is 2.06. The van der Waals surface area contributed by atoms with Crippen LogP contribution in [0.5, 0.6) is 0 Å². The van der Waals surface area contributed by atoms with E-state index in [-0.39, 0.29) is 12.5 Å². The smallest absolute Gasteiger partial charge is 0.254 e. The number of benzene rings is 1. The van der Waals surface area contributed by atoms with Crippen LogP contribution in [-0.4, -0.2) is 48.8 Å². The topological polar surface area (TPSA) is 49.8 Å². The van der Waals surface area contributed by atoms with Crippen molar-refractivity contribution in [3.8, 4) is 11.8 Å². The van der Waals surface area contributed by atoms with E-state index in [1.54, 1.807) is 6.07 Å². The van der Waals surface area contributed by atoms with Crippen LogP contribution in [0.25, 0.3) is 0 Å². The van der Waals surface area contributed by atoms with Crippen molar-refractivity contribution in [3.63, 3.8) is 0 Å². The second-order valence-electron chi connectivity index (χ2n) is 4.39. The number of morpholine rings is 1. The highest BCUT2D eigenvalue weighted by molar-refractivity contribution is 5.95. The molecule has 0 aromatic heterocycles. The van der Waals surface area contributed by atoms with Crippen LogP contribution in [0.15, 0.2) is 18.2 Å². The molecule has 1 aromatic carbocycles. The lowest BCUT2D eigenvalue weighted by molar-refractivity contribution is 0.0302. The molecule has 1 N–H and O–H groups in total. The van der Waals surface area contributed by atoms with Crippen LogP contribution >= 0.6 is 0 Å². The van der Waals surface area contributed by atoms with Crippen molar-refractivity contribution in [3.05, 3.63) is 34.9 Å². The summed E-state index contributed by atoms with van der Waals surface area (Å²) in [6, 6.07) is 5.48. The molecule has 1 aliphatic heterocycles. The first-order chi connectivity index (χ1) is 9.22. The summed E-state index contributed by atoms with van der Waals surface area (Å²) in [5.74, 6) is 5.48. The molecule has 2 rings (SSSR count). The normalized spacial score (nSPS) is 14.7. The molecule has 1 heterocycles. The van der Waals surface area contributed by atoms with Gasteiger partial charge in [-0.15, -0.1) is 0 Å². The number of carbonyl (C=O) groups excluding carboxylic acids is 1. The van der Waals surface area contributed by atoms with Crippen LogP contribution in [0.1, 0.15) is 21.5 Å². The first-order valence-electron chi connectivity index (χ1n) is 6.30. The molecule has 1 aliphatic rings. The third-order valence-electron chi connectivity index (χ3n) is 3.07. The molecule has 4 nitrogen and oxygen atoms in total. The predicted octanol–water partition coefficient (Wildman–Crippen LogP) is 0.811. The number of ether oxygens (including phenoxy) is 1. The van der Waals surface area contributed by atoms with Gasteiger partial charge in [0.2, 0.25) is 0 Å². The van der Waals surface area contributed by atoms with Gasteiger partial charge in [0, 0.05) is 24.2 Å². The van der Waals surface area contributed by atoms with Gasteiger partial charge >= 0.3 is 0 Å². The largest absolute Gasteiger partial charge is 0.384 e. The summed E-state index contributed by atoms with van der Waals surface area (Å²) in [4.78, 5) is 14.2. The van der Waals surface area contributed by atoms with Crippen LogP contribution in [0, 0.1) is 18.8 Å². The second-order valence-corrected chi connectivity index (χ2v) is 4.39. The number of nitrogens with zero attached hydrogens (tertiary/aromatic N) is 1. The van der Waals surface area contributed by atoms with E-state index in [0.717, 1.165) is 11.1 Å². The molecule has 1 fully saturated rings. The summed E-state index contributed by atoms with van der Waals surface area (Å²) in [5, 5.41) is 8.66. The Balaban J connectivity index is 2.18. The molecule has 0 radical (unpaired) electrons. The van der Waals surface area contributed by atoms with Crippen molar-refractivity contribution in [2.24, 2.45) is 0 Å². The van der Waals surface area contributed by atoms with E-state index >= 15 is 0 Å². The summed E-state index contributed by atoms with van der Waals surface area (Å²) in [6.45, 7) is 4.23. The van der Waals surface area contributed by atoms with E-state index in [0.29, 0.717) is 31.9 Å². The molecule has 0 unspecified atom stereocenters. The van der Waals surface area contributed by atoms with Gasteiger partial charge in [-0.2, -0.15) is 0 Å². The number of aryl methyl sites for hydroxylation is 1. The van der Waals surface area contributed by atoms with Crippen LogP contribution in [0.3, 0.4) is 0 Å². The van der Waals surface area contributed by atoms with Gasteiger partial charge in [0.1, 0.15) is 6.61 Å². The van der Waals surface area contributed by atoms with Crippen molar-refractivity contribution in [1.29, 1.82) is 0 Å². The lowest BCUT2D eigenvalue weighted by Crippen LogP contribution is -2.40. The number of carbonyl (C=O) groups is 1. The monoisotopic (exact) mass is 259 g/mol. The molecule has 1 saturated heterocycles. The Morgan fingerprint density at radius 3 is 2.79 bits per heavy atom. The van der Waals surface area contributed by atoms with Gasteiger partial charge in [-0.3, -0.25) is 4.79 Å². The minimum Gasteiger partial charge on any atom is -0.384 e. The fourth-order valence-corrected chi connectivity index (χ4v) is 2.06. The Kier molecular flexibility index (Phi) is 4.56. The number of aliphatic hydroxyl groups is 1. The Labute approximate surface area is 113 Å². The number of amides is 1. The molecule has 100 valence electrons. The van der Waals surface area contributed by atoms with E-state index in [2.05, 4.69) is 11.8 Å². The average Bonchev–Trinajstić information content (AvgIpc) is 2.45. The minimum atomic E-state index is -0.159. The first-order valence-corrected chi connectivity index (χ1v) is 6.30. The SMILES string of the molecule is Cc1cc(C#CCO)ccc1C(=O)N1CCOCC1. The van der Waals surface area contributed by atoms with Crippen molar-refractivity contribution in [1.82, 2.24) is 4.90 Å². The zero-order valence-electron chi connectivity index (χ0n) is 11.0. The van der Waals surface area contributed by atoms with Gasteiger partial charge in [0.25, 0.3) is 5.91 Å². The minimum absolute atomic E-state index is 0.0440. The first kappa shape index (κ1) is 13.6. The molecular weight excluding hydrogens is 242 g/mol. The van der Waals surface area contributed by atoms with Crippen LogP contribution in [-0.2, 0) is 4.74 Å². The van der Waals surface area contributed by atoms with Crippen molar-refractivity contribution in [2.45, 2.75) is 6.92 Å². The Hall–Kier alpha value is -1.83. The Morgan fingerprint density at radius 2 is 2.16 bits per heavy atom. The molecule has 0 saturated carbocycles. The number of hydrogen-bond donors (Lipinski definition) is 1. The summed E-state index contributed by atoms with van der Waals surface area (Å²) < 4.78 is 5.24. The summed E-state index contributed by atoms with van der Waals surface area (Å²) in [7, 11) is 0. The van der Waals surface area contributed by atoms with Gasteiger partial charge < -0.3 is 14.7 Å². The highest BCUT2D eigenvalue weighted by Crippen LogP contribution is 2.14. The van der Waals surface area contributed by atoms with E-state index in [9.17, 15) is 4.79 Å².